The molecule has 0 aromatic heterocycles. The van der Waals surface area contributed by atoms with Crippen molar-refractivity contribution < 1.29 is 54.5 Å². The molecule has 0 saturated heterocycles. The summed E-state index contributed by atoms with van der Waals surface area (Å²) in [6.07, 6.45) is 5.19. The van der Waals surface area contributed by atoms with Gasteiger partial charge < -0.3 is 20.1 Å². The number of aliphatic carboxylic acids is 1. The van der Waals surface area contributed by atoms with Crippen LogP contribution >= 0.6 is 0 Å². The Balaban J connectivity index is 0.00000196. The molecule has 7 atom stereocenters. The summed E-state index contributed by atoms with van der Waals surface area (Å²) in [4.78, 5) is 23.5. The van der Waals surface area contributed by atoms with Crippen molar-refractivity contribution in [3.8, 4) is 0 Å². The molecule has 4 aliphatic carbocycles. The number of carboxylic acid groups (broad SMARTS) is 1. The van der Waals surface area contributed by atoms with Gasteiger partial charge in [0.2, 0.25) is 0 Å². The first-order valence-corrected chi connectivity index (χ1v) is 9.49. The van der Waals surface area contributed by atoms with E-state index in [2.05, 4.69) is 6.92 Å². The summed E-state index contributed by atoms with van der Waals surface area (Å²) >= 11 is 0. The Kier molecular flexibility index (Phi) is 5.06. The SMILES string of the molecule is C[C@]12CCC(=O)C=C1CC[C@@H]1[C@H]2C(O)C[C@@]2(C)[C@H]1CCC2(O)C(=O)[O-].[Na+]. The third kappa shape index (κ3) is 2.47. The Morgan fingerprint density at radius 2 is 1.92 bits per heavy atom. The van der Waals surface area contributed by atoms with Crippen LogP contribution in [0.5, 0.6) is 0 Å². The van der Waals surface area contributed by atoms with E-state index < -0.39 is 23.1 Å². The number of aliphatic hydroxyl groups is 2. The van der Waals surface area contributed by atoms with Crippen molar-refractivity contribution in [3.63, 3.8) is 0 Å². The maximum Gasteiger partial charge on any atom is 1.00 e. The second kappa shape index (κ2) is 6.41. The third-order valence-electron chi connectivity index (χ3n) is 8.39. The van der Waals surface area contributed by atoms with Crippen LogP contribution in [0.25, 0.3) is 0 Å². The monoisotopic (exact) mass is 370 g/mol. The normalized spacial score (nSPS) is 50.0. The van der Waals surface area contributed by atoms with Crippen molar-refractivity contribution in [2.75, 3.05) is 0 Å². The smallest absolute Gasteiger partial charge is 0.547 e. The molecular weight excluding hydrogens is 343 g/mol. The Morgan fingerprint density at radius 1 is 1.23 bits per heavy atom. The summed E-state index contributed by atoms with van der Waals surface area (Å²) in [5.41, 5.74) is -1.75. The van der Waals surface area contributed by atoms with E-state index in [0.29, 0.717) is 12.8 Å². The summed E-state index contributed by atoms with van der Waals surface area (Å²) in [5.74, 6) is -0.956. The molecule has 0 radical (unpaired) electrons. The van der Waals surface area contributed by atoms with Gasteiger partial charge in [0.05, 0.1) is 12.1 Å². The minimum absolute atomic E-state index is 0. The fourth-order valence-corrected chi connectivity index (χ4v) is 7.03. The number of hydrogen-bond donors (Lipinski definition) is 2. The van der Waals surface area contributed by atoms with Crippen molar-refractivity contribution in [1.29, 1.82) is 0 Å². The van der Waals surface area contributed by atoms with Crippen LogP contribution < -0.4 is 34.7 Å². The predicted octanol–water partition coefficient (Wildman–Crippen LogP) is -2.03. The van der Waals surface area contributed by atoms with Gasteiger partial charge in [0, 0.05) is 11.8 Å². The number of hydrogen-bond acceptors (Lipinski definition) is 5. The van der Waals surface area contributed by atoms with E-state index >= 15 is 0 Å². The summed E-state index contributed by atoms with van der Waals surface area (Å²) in [6, 6.07) is 0. The summed E-state index contributed by atoms with van der Waals surface area (Å²) in [6.45, 7) is 3.98. The van der Waals surface area contributed by atoms with Crippen molar-refractivity contribution in [1.82, 2.24) is 0 Å². The number of fused-ring (bicyclic) bond motifs is 5. The largest absolute Gasteiger partial charge is 1.00 e. The second-order valence-corrected chi connectivity index (χ2v) is 9.26. The molecule has 0 aliphatic heterocycles. The molecule has 3 fully saturated rings. The summed E-state index contributed by atoms with van der Waals surface area (Å²) < 4.78 is 0. The minimum atomic E-state index is -1.86. The molecule has 4 aliphatic rings. The van der Waals surface area contributed by atoms with Gasteiger partial charge in [-0.05, 0) is 67.8 Å². The van der Waals surface area contributed by atoms with E-state index in [9.17, 15) is 24.9 Å². The molecule has 2 unspecified atom stereocenters. The van der Waals surface area contributed by atoms with Gasteiger partial charge in [-0.3, -0.25) is 4.79 Å². The second-order valence-electron chi connectivity index (χ2n) is 9.26. The minimum Gasteiger partial charge on any atom is -0.547 e. The molecule has 4 rings (SSSR count). The van der Waals surface area contributed by atoms with E-state index in [0.717, 1.165) is 24.8 Å². The van der Waals surface area contributed by atoms with Crippen LogP contribution in [0.4, 0.5) is 0 Å². The molecule has 6 heteroatoms. The molecule has 0 aromatic rings. The van der Waals surface area contributed by atoms with Gasteiger partial charge in [-0.1, -0.05) is 19.4 Å². The van der Waals surface area contributed by atoms with E-state index in [-0.39, 0.29) is 71.4 Å². The zero-order chi connectivity index (χ0) is 18.2. The van der Waals surface area contributed by atoms with Crippen LogP contribution in [-0.4, -0.2) is 33.7 Å². The van der Waals surface area contributed by atoms with E-state index in [1.807, 2.05) is 6.92 Å². The molecule has 0 bridgehead atoms. The van der Waals surface area contributed by atoms with Crippen LogP contribution in [0.3, 0.4) is 0 Å². The van der Waals surface area contributed by atoms with Crippen molar-refractivity contribution in [2.45, 2.75) is 70.5 Å². The Morgan fingerprint density at radius 3 is 2.58 bits per heavy atom. The van der Waals surface area contributed by atoms with E-state index in [1.54, 1.807) is 6.08 Å². The van der Waals surface area contributed by atoms with Gasteiger partial charge in [-0.15, -0.1) is 0 Å². The van der Waals surface area contributed by atoms with Gasteiger partial charge in [0.25, 0.3) is 0 Å². The summed E-state index contributed by atoms with van der Waals surface area (Å²) in [5, 5.41) is 33.6. The van der Waals surface area contributed by atoms with Crippen LogP contribution in [0.2, 0.25) is 0 Å². The Bertz CT molecular complexity index is 675. The van der Waals surface area contributed by atoms with Gasteiger partial charge in [0.1, 0.15) is 5.60 Å². The average molecular weight is 370 g/mol. The van der Waals surface area contributed by atoms with Crippen LogP contribution in [0.1, 0.15) is 58.8 Å². The zero-order valence-electron chi connectivity index (χ0n) is 16.0. The molecule has 0 aromatic carbocycles. The average Bonchev–Trinajstić information content (AvgIpc) is 2.80. The number of carbonyl (C=O) groups is 2. The molecule has 0 heterocycles. The third-order valence-corrected chi connectivity index (χ3v) is 8.39. The summed E-state index contributed by atoms with van der Waals surface area (Å²) in [7, 11) is 0. The van der Waals surface area contributed by atoms with Crippen molar-refractivity contribution >= 4 is 11.8 Å². The maximum atomic E-state index is 11.9. The van der Waals surface area contributed by atoms with E-state index in [1.165, 1.54) is 0 Å². The number of ketones is 1. The molecule has 138 valence electrons. The van der Waals surface area contributed by atoms with Crippen molar-refractivity contribution in [2.24, 2.45) is 28.6 Å². The molecular formula is C20H27NaO5. The van der Waals surface area contributed by atoms with Crippen molar-refractivity contribution in [3.05, 3.63) is 11.6 Å². The number of carbonyl (C=O) groups excluding carboxylic acids is 2. The number of carboxylic acids is 1. The van der Waals surface area contributed by atoms with Crippen LogP contribution in [-0.2, 0) is 9.59 Å². The molecule has 0 spiro atoms. The first-order valence-electron chi connectivity index (χ1n) is 9.49. The fourth-order valence-electron chi connectivity index (χ4n) is 7.03. The topological polar surface area (TPSA) is 97.7 Å². The van der Waals surface area contributed by atoms with Crippen LogP contribution in [0.15, 0.2) is 11.6 Å². The molecule has 5 nitrogen and oxygen atoms in total. The molecule has 26 heavy (non-hydrogen) atoms. The predicted molar refractivity (Wildman–Crippen MR) is 88.1 cm³/mol. The maximum absolute atomic E-state index is 11.9. The molecule has 0 amide bonds. The van der Waals surface area contributed by atoms with Gasteiger partial charge in [-0.25, -0.2) is 0 Å². The molecule has 3 saturated carbocycles. The Labute approximate surface area is 176 Å². The quantitative estimate of drug-likeness (QED) is 0.519. The first-order chi connectivity index (χ1) is 11.6. The number of aliphatic hydroxyl groups excluding tert-OH is 1. The zero-order valence-corrected chi connectivity index (χ0v) is 18.0. The first kappa shape index (κ1) is 20.5. The Hall–Kier alpha value is -0.200. The van der Waals surface area contributed by atoms with Gasteiger partial charge in [0.15, 0.2) is 5.78 Å². The van der Waals surface area contributed by atoms with E-state index in [4.69, 9.17) is 0 Å². The van der Waals surface area contributed by atoms with Crippen LogP contribution in [0, 0.1) is 28.6 Å². The molecule has 2 N–H and O–H groups in total. The number of rotatable bonds is 1. The van der Waals surface area contributed by atoms with Gasteiger partial charge in [-0.2, -0.15) is 0 Å². The van der Waals surface area contributed by atoms with Gasteiger partial charge >= 0.3 is 29.6 Å². The number of allylic oxidation sites excluding steroid dienone is 1. The standard InChI is InChI=1S/C20H28O5.Na/c1-18-7-5-12(21)9-11(18)3-4-13-14-6-8-20(25,17(23)24)19(14,2)10-15(22)16(13)18;/h9,13-16,22,25H,3-8,10H2,1-2H3,(H,23,24);/q;+1/p-1/t13-,14-,15?,16-,18-,19-,20?;/m0./s1. The fraction of sp³-hybridized carbons (Fsp3) is 0.800.